The first kappa shape index (κ1) is 21.6. The number of hydrogen-bond acceptors (Lipinski definition) is 8. The fourth-order valence-corrected chi connectivity index (χ4v) is 4.34. The average Bonchev–Trinajstić information content (AvgIpc) is 3.19. The van der Waals surface area contributed by atoms with Crippen LogP contribution < -0.4 is 10.6 Å². The van der Waals surface area contributed by atoms with E-state index in [1.54, 1.807) is 32.4 Å². The zero-order chi connectivity index (χ0) is 21.8. The van der Waals surface area contributed by atoms with Crippen LogP contribution in [0.3, 0.4) is 0 Å². The highest BCUT2D eigenvalue weighted by Gasteiger charge is 2.23. The number of amides is 1. The summed E-state index contributed by atoms with van der Waals surface area (Å²) in [4.78, 5) is 27.3. The molecule has 0 saturated carbocycles. The highest BCUT2D eigenvalue weighted by Crippen LogP contribution is 2.35. The minimum Gasteiger partial charge on any atom is -0.390 e. The lowest BCUT2D eigenvalue weighted by molar-refractivity contribution is 0.0693. The normalized spacial score (nSPS) is 15.2. The van der Waals surface area contributed by atoms with Gasteiger partial charge in [0, 0.05) is 50.0 Å². The van der Waals surface area contributed by atoms with Gasteiger partial charge in [-0.1, -0.05) is 11.3 Å². The SMILES string of the molecule is CC(C)(O)CCNC(=O)c1cnc2sc(-c3cccnc3)nc2c1NC1CCOCC1. The zero-order valence-electron chi connectivity index (χ0n) is 17.7. The van der Waals surface area contributed by atoms with Crippen molar-refractivity contribution in [1.82, 2.24) is 20.3 Å². The second-order valence-corrected chi connectivity index (χ2v) is 9.29. The number of carbonyl (C=O) groups excluding carboxylic acids is 1. The summed E-state index contributed by atoms with van der Waals surface area (Å²) in [7, 11) is 0. The fourth-order valence-electron chi connectivity index (χ4n) is 3.43. The number of carbonyl (C=O) groups is 1. The summed E-state index contributed by atoms with van der Waals surface area (Å²) in [5.41, 5.74) is 1.91. The minimum atomic E-state index is -0.841. The predicted octanol–water partition coefficient (Wildman–Crippen LogP) is 3.24. The third kappa shape index (κ3) is 5.36. The van der Waals surface area contributed by atoms with Crippen LogP contribution in [0, 0.1) is 0 Å². The molecule has 1 aliphatic heterocycles. The minimum absolute atomic E-state index is 0.200. The molecule has 31 heavy (non-hydrogen) atoms. The van der Waals surface area contributed by atoms with Gasteiger partial charge in [0.15, 0.2) is 0 Å². The van der Waals surface area contributed by atoms with Gasteiger partial charge in [-0.15, -0.1) is 0 Å². The van der Waals surface area contributed by atoms with Crippen molar-refractivity contribution >= 4 is 33.3 Å². The second kappa shape index (κ2) is 9.25. The Morgan fingerprint density at radius 1 is 1.32 bits per heavy atom. The van der Waals surface area contributed by atoms with E-state index in [4.69, 9.17) is 9.72 Å². The number of aliphatic hydroxyl groups is 1. The van der Waals surface area contributed by atoms with Gasteiger partial charge in [0.2, 0.25) is 0 Å². The summed E-state index contributed by atoms with van der Waals surface area (Å²) in [6, 6.07) is 4.03. The monoisotopic (exact) mass is 441 g/mol. The Hall–Kier alpha value is -2.62. The molecule has 0 bridgehead atoms. The molecular formula is C22H27N5O3S. The van der Waals surface area contributed by atoms with Gasteiger partial charge in [-0.05, 0) is 45.2 Å². The lowest BCUT2D eigenvalue weighted by Gasteiger charge is -2.25. The summed E-state index contributed by atoms with van der Waals surface area (Å²) in [5.74, 6) is -0.232. The van der Waals surface area contributed by atoms with Gasteiger partial charge in [0.05, 0.1) is 16.9 Å². The molecular weight excluding hydrogens is 414 g/mol. The van der Waals surface area contributed by atoms with Crippen LogP contribution in [0.2, 0.25) is 0 Å². The lowest BCUT2D eigenvalue weighted by Crippen LogP contribution is -2.32. The van der Waals surface area contributed by atoms with Crippen LogP contribution in [-0.4, -0.2) is 57.4 Å². The molecule has 3 N–H and O–H groups in total. The Kier molecular flexibility index (Phi) is 6.45. The van der Waals surface area contributed by atoms with E-state index in [1.807, 2.05) is 12.1 Å². The third-order valence-electron chi connectivity index (χ3n) is 5.17. The smallest absolute Gasteiger partial charge is 0.255 e. The van der Waals surface area contributed by atoms with Crippen molar-refractivity contribution in [3.8, 4) is 10.6 Å². The first-order chi connectivity index (χ1) is 14.9. The maximum atomic E-state index is 13.0. The van der Waals surface area contributed by atoms with Gasteiger partial charge in [0.1, 0.15) is 15.4 Å². The van der Waals surface area contributed by atoms with E-state index < -0.39 is 5.60 Å². The lowest BCUT2D eigenvalue weighted by atomic mass is 10.1. The van der Waals surface area contributed by atoms with Crippen LogP contribution in [-0.2, 0) is 4.74 Å². The van der Waals surface area contributed by atoms with Crippen molar-refractivity contribution in [2.45, 2.75) is 44.8 Å². The molecule has 1 aliphatic rings. The van der Waals surface area contributed by atoms with Crippen LogP contribution in [0.25, 0.3) is 20.9 Å². The fraction of sp³-hybridized carbons (Fsp3) is 0.455. The quantitative estimate of drug-likeness (QED) is 0.516. The van der Waals surface area contributed by atoms with Gasteiger partial charge >= 0.3 is 0 Å². The molecule has 0 radical (unpaired) electrons. The first-order valence-corrected chi connectivity index (χ1v) is 11.3. The molecule has 1 amide bonds. The van der Waals surface area contributed by atoms with Crippen molar-refractivity contribution in [3.05, 3.63) is 36.3 Å². The van der Waals surface area contributed by atoms with Gasteiger partial charge in [-0.25, -0.2) is 9.97 Å². The maximum Gasteiger partial charge on any atom is 0.255 e. The first-order valence-electron chi connectivity index (χ1n) is 10.5. The summed E-state index contributed by atoms with van der Waals surface area (Å²) < 4.78 is 5.47. The standard InChI is InChI=1S/C22H27N5O3S/c1-22(2,29)7-9-24-19(28)16-13-25-21-18(17(16)26-15-5-10-30-11-6-15)27-20(31-21)14-4-3-8-23-12-14/h3-4,8,12-13,15,29H,5-7,9-11H2,1-2H3,(H,24,28)(H,25,26). The van der Waals surface area contributed by atoms with Crippen LogP contribution in [0.5, 0.6) is 0 Å². The molecule has 8 nitrogen and oxygen atoms in total. The Morgan fingerprint density at radius 3 is 2.84 bits per heavy atom. The molecule has 3 aromatic rings. The molecule has 9 heteroatoms. The van der Waals surface area contributed by atoms with Gasteiger partial charge in [-0.3, -0.25) is 9.78 Å². The average molecular weight is 442 g/mol. The number of pyridine rings is 2. The third-order valence-corrected chi connectivity index (χ3v) is 6.18. The van der Waals surface area contributed by atoms with Crippen LogP contribution in [0.15, 0.2) is 30.7 Å². The number of nitrogens with one attached hydrogen (secondary N) is 2. The Balaban J connectivity index is 1.68. The van der Waals surface area contributed by atoms with Crippen LogP contribution in [0.4, 0.5) is 5.69 Å². The van der Waals surface area contributed by atoms with E-state index in [0.29, 0.717) is 42.9 Å². The van der Waals surface area contributed by atoms with Crippen molar-refractivity contribution < 1.29 is 14.6 Å². The van der Waals surface area contributed by atoms with Crippen molar-refractivity contribution in [2.75, 3.05) is 25.1 Å². The Morgan fingerprint density at radius 2 is 2.13 bits per heavy atom. The number of fused-ring (bicyclic) bond motifs is 1. The molecule has 1 saturated heterocycles. The topological polar surface area (TPSA) is 109 Å². The zero-order valence-corrected chi connectivity index (χ0v) is 18.5. The van der Waals surface area contributed by atoms with E-state index in [2.05, 4.69) is 20.6 Å². The maximum absolute atomic E-state index is 13.0. The van der Waals surface area contributed by atoms with Crippen LogP contribution >= 0.6 is 11.3 Å². The van der Waals surface area contributed by atoms with Gasteiger partial charge < -0.3 is 20.5 Å². The number of hydrogen-bond donors (Lipinski definition) is 3. The molecule has 0 aliphatic carbocycles. The van der Waals surface area contributed by atoms with E-state index in [9.17, 15) is 9.90 Å². The molecule has 4 heterocycles. The number of nitrogens with zero attached hydrogens (tertiary/aromatic N) is 3. The van der Waals surface area contributed by atoms with E-state index in [-0.39, 0.29) is 11.9 Å². The molecule has 0 aromatic carbocycles. The summed E-state index contributed by atoms with van der Waals surface area (Å²) in [5, 5.41) is 17.2. The number of ether oxygens (including phenoxy) is 1. The van der Waals surface area contributed by atoms with E-state index in [1.165, 1.54) is 11.3 Å². The highest BCUT2D eigenvalue weighted by atomic mass is 32.1. The highest BCUT2D eigenvalue weighted by molar-refractivity contribution is 7.21. The summed E-state index contributed by atoms with van der Waals surface area (Å²) >= 11 is 1.48. The van der Waals surface area contributed by atoms with E-state index in [0.717, 1.165) is 28.2 Å². The van der Waals surface area contributed by atoms with Crippen molar-refractivity contribution in [3.63, 3.8) is 0 Å². The molecule has 0 unspecified atom stereocenters. The van der Waals surface area contributed by atoms with Crippen LogP contribution in [0.1, 0.15) is 43.5 Å². The van der Waals surface area contributed by atoms with Gasteiger partial charge in [0.25, 0.3) is 5.91 Å². The van der Waals surface area contributed by atoms with Gasteiger partial charge in [-0.2, -0.15) is 0 Å². The molecule has 1 fully saturated rings. The Labute approximate surface area is 185 Å². The second-order valence-electron chi connectivity index (χ2n) is 8.31. The number of rotatable bonds is 7. The summed E-state index contributed by atoms with van der Waals surface area (Å²) in [6.45, 7) is 5.20. The Bertz CT molecular complexity index is 1040. The van der Waals surface area contributed by atoms with Crippen molar-refractivity contribution in [1.29, 1.82) is 0 Å². The summed E-state index contributed by atoms with van der Waals surface area (Å²) in [6.07, 6.45) is 7.29. The molecule has 164 valence electrons. The molecule has 4 rings (SSSR count). The number of aromatic nitrogens is 3. The number of anilines is 1. The molecule has 0 spiro atoms. The largest absolute Gasteiger partial charge is 0.390 e. The van der Waals surface area contributed by atoms with Crippen molar-refractivity contribution in [2.24, 2.45) is 0 Å². The molecule has 3 aromatic heterocycles. The van der Waals surface area contributed by atoms with E-state index >= 15 is 0 Å². The number of thiazole rings is 1. The molecule has 0 atom stereocenters. The predicted molar refractivity (Wildman–Crippen MR) is 121 cm³/mol.